The van der Waals surface area contributed by atoms with Crippen LogP contribution in [-0.4, -0.2) is 37.3 Å². The Kier molecular flexibility index (Phi) is 5.03. The minimum absolute atomic E-state index is 0.0121. The van der Waals surface area contributed by atoms with Crippen molar-refractivity contribution >= 4 is 27.1 Å². The van der Waals surface area contributed by atoms with Crippen LogP contribution in [0.5, 0.6) is 0 Å². The van der Waals surface area contributed by atoms with E-state index in [1.54, 1.807) is 0 Å². The molecule has 8 nitrogen and oxygen atoms in total. The van der Waals surface area contributed by atoms with Crippen LogP contribution >= 0.6 is 0 Å². The number of sulfone groups is 1. The van der Waals surface area contributed by atoms with Crippen LogP contribution in [0.3, 0.4) is 0 Å². The van der Waals surface area contributed by atoms with Crippen LogP contribution in [0.4, 0.5) is 11.4 Å². The van der Waals surface area contributed by atoms with Crippen molar-refractivity contribution in [1.29, 1.82) is 0 Å². The number of amides is 1. The van der Waals surface area contributed by atoms with E-state index in [-0.39, 0.29) is 35.0 Å². The molecule has 0 atom stereocenters. The van der Waals surface area contributed by atoms with E-state index >= 15 is 0 Å². The maximum absolute atomic E-state index is 11.8. The average Bonchev–Trinajstić information content (AvgIpc) is 2.38. The van der Waals surface area contributed by atoms with Gasteiger partial charge in [-0.05, 0) is 6.07 Å². The molecule has 0 unspecified atom stereocenters. The van der Waals surface area contributed by atoms with Crippen molar-refractivity contribution < 1.29 is 18.1 Å². The Morgan fingerprint density at radius 2 is 2.10 bits per heavy atom. The van der Waals surface area contributed by atoms with Gasteiger partial charge in [-0.3, -0.25) is 14.9 Å². The van der Waals surface area contributed by atoms with Crippen LogP contribution in [0.15, 0.2) is 18.2 Å². The van der Waals surface area contributed by atoms with E-state index in [2.05, 4.69) is 5.32 Å². The van der Waals surface area contributed by atoms with Crippen molar-refractivity contribution in [2.75, 3.05) is 23.8 Å². The lowest BCUT2D eigenvalue weighted by Gasteiger charge is -2.07. The number of nitrogen functional groups attached to an aromatic ring is 1. The van der Waals surface area contributed by atoms with Gasteiger partial charge in [0.2, 0.25) is 0 Å². The second-order valence-electron chi connectivity index (χ2n) is 4.02. The summed E-state index contributed by atoms with van der Waals surface area (Å²) in [5, 5.41) is 13.0. The predicted octanol–water partition coefficient (Wildman–Crippen LogP) is 0.342. The minimum atomic E-state index is -3.18. The van der Waals surface area contributed by atoms with Gasteiger partial charge >= 0.3 is 0 Å². The third kappa shape index (κ3) is 4.19. The molecular formula is C11H15N3O5S. The fraction of sp³-hybridized carbons (Fsp3) is 0.364. The maximum atomic E-state index is 11.8. The van der Waals surface area contributed by atoms with Gasteiger partial charge in [0, 0.05) is 30.1 Å². The zero-order chi connectivity index (χ0) is 15.3. The third-order valence-electron chi connectivity index (χ3n) is 2.63. The Bertz CT molecular complexity index is 627. The molecular weight excluding hydrogens is 286 g/mol. The molecule has 1 aromatic carbocycles. The first-order valence-corrected chi connectivity index (χ1v) is 7.61. The Morgan fingerprint density at radius 3 is 2.65 bits per heavy atom. The number of non-ortho nitro benzene ring substituents is 1. The molecule has 0 aliphatic rings. The van der Waals surface area contributed by atoms with E-state index < -0.39 is 20.7 Å². The molecule has 1 amide bonds. The standard InChI is InChI=1S/C11H15N3O5S/c1-2-20(18,19)6-5-13-11(15)9-7-8(14(16)17)3-4-10(9)12/h3-4,7H,2,5-6,12H2,1H3,(H,13,15). The number of nitrogens with one attached hydrogen (secondary N) is 1. The molecule has 0 radical (unpaired) electrons. The number of hydrogen-bond donors (Lipinski definition) is 2. The lowest BCUT2D eigenvalue weighted by atomic mass is 10.1. The highest BCUT2D eigenvalue weighted by Crippen LogP contribution is 2.19. The lowest BCUT2D eigenvalue weighted by molar-refractivity contribution is -0.384. The van der Waals surface area contributed by atoms with E-state index in [0.29, 0.717) is 0 Å². The topological polar surface area (TPSA) is 132 Å². The summed E-state index contributed by atoms with van der Waals surface area (Å²) in [7, 11) is -3.18. The quantitative estimate of drug-likeness (QED) is 0.442. The normalized spacial score (nSPS) is 11.1. The Morgan fingerprint density at radius 1 is 1.45 bits per heavy atom. The number of hydrogen-bond acceptors (Lipinski definition) is 6. The van der Waals surface area contributed by atoms with Crippen LogP contribution in [0.25, 0.3) is 0 Å². The molecule has 1 aromatic rings. The second-order valence-corrected chi connectivity index (χ2v) is 6.49. The van der Waals surface area contributed by atoms with Gasteiger partial charge in [0.25, 0.3) is 11.6 Å². The Balaban J connectivity index is 2.78. The highest BCUT2D eigenvalue weighted by molar-refractivity contribution is 7.91. The molecule has 0 aliphatic carbocycles. The average molecular weight is 301 g/mol. The molecule has 0 aromatic heterocycles. The second kappa shape index (κ2) is 6.33. The van der Waals surface area contributed by atoms with E-state index in [4.69, 9.17) is 5.73 Å². The monoisotopic (exact) mass is 301 g/mol. The van der Waals surface area contributed by atoms with Gasteiger partial charge in [0.1, 0.15) is 0 Å². The third-order valence-corrected chi connectivity index (χ3v) is 4.34. The molecule has 20 heavy (non-hydrogen) atoms. The number of carbonyl (C=O) groups is 1. The maximum Gasteiger partial charge on any atom is 0.270 e. The summed E-state index contributed by atoms with van der Waals surface area (Å²) < 4.78 is 22.5. The van der Waals surface area contributed by atoms with Crippen LogP contribution in [0, 0.1) is 10.1 Å². The molecule has 0 fully saturated rings. The molecule has 0 saturated carbocycles. The number of nitrogens with two attached hydrogens (primary N) is 1. The Labute approximate surface area is 116 Å². The largest absolute Gasteiger partial charge is 0.398 e. The molecule has 0 spiro atoms. The van der Waals surface area contributed by atoms with Gasteiger partial charge in [-0.25, -0.2) is 8.42 Å². The molecule has 9 heteroatoms. The van der Waals surface area contributed by atoms with Crippen molar-refractivity contribution in [2.45, 2.75) is 6.92 Å². The van der Waals surface area contributed by atoms with E-state index in [1.165, 1.54) is 19.1 Å². The fourth-order valence-corrected chi connectivity index (χ4v) is 2.12. The summed E-state index contributed by atoms with van der Waals surface area (Å²) in [6.45, 7) is 1.44. The van der Waals surface area contributed by atoms with Crippen LogP contribution in [0.2, 0.25) is 0 Å². The number of anilines is 1. The molecule has 1 rings (SSSR count). The number of carbonyl (C=O) groups excluding carboxylic acids is 1. The van der Waals surface area contributed by atoms with E-state index in [0.717, 1.165) is 6.07 Å². The molecule has 110 valence electrons. The van der Waals surface area contributed by atoms with Gasteiger partial charge < -0.3 is 11.1 Å². The summed E-state index contributed by atoms with van der Waals surface area (Å²) in [5.74, 6) is -0.844. The van der Waals surface area contributed by atoms with Crippen molar-refractivity contribution in [1.82, 2.24) is 5.32 Å². The minimum Gasteiger partial charge on any atom is -0.398 e. The highest BCUT2D eigenvalue weighted by Gasteiger charge is 2.16. The van der Waals surface area contributed by atoms with Crippen molar-refractivity contribution in [3.8, 4) is 0 Å². The number of nitro groups is 1. The van der Waals surface area contributed by atoms with Crippen LogP contribution in [0.1, 0.15) is 17.3 Å². The van der Waals surface area contributed by atoms with Crippen molar-refractivity contribution in [3.63, 3.8) is 0 Å². The van der Waals surface area contributed by atoms with Gasteiger partial charge in [-0.15, -0.1) is 0 Å². The summed E-state index contributed by atoms with van der Waals surface area (Å²) >= 11 is 0. The van der Waals surface area contributed by atoms with Gasteiger partial charge in [0.05, 0.1) is 16.2 Å². The highest BCUT2D eigenvalue weighted by atomic mass is 32.2. The summed E-state index contributed by atoms with van der Waals surface area (Å²) in [5.41, 5.74) is 5.35. The number of benzene rings is 1. The molecule has 0 aliphatic heterocycles. The van der Waals surface area contributed by atoms with Crippen LogP contribution < -0.4 is 11.1 Å². The summed E-state index contributed by atoms with van der Waals surface area (Å²) in [6.07, 6.45) is 0. The number of nitrogens with zero attached hydrogens (tertiary/aromatic N) is 1. The number of nitro benzene ring substituents is 1. The molecule has 0 heterocycles. The van der Waals surface area contributed by atoms with Crippen molar-refractivity contribution in [2.24, 2.45) is 0 Å². The van der Waals surface area contributed by atoms with Gasteiger partial charge in [-0.1, -0.05) is 6.92 Å². The number of rotatable bonds is 6. The zero-order valence-electron chi connectivity index (χ0n) is 10.8. The lowest BCUT2D eigenvalue weighted by Crippen LogP contribution is -2.30. The smallest absolute Gasteiger partial charge is 0.270 e. The molecule has 3 N–H and O–H groups in total. The first kappa shape index (κ1) is 15.9. The van der Waals surface area contributed by atoms with E-state index in [1.807, 2.05) is 0 Å². The van der Waals surface area contributed by atoms with Crippen LogP contribution in [-0.2, 0) is 9.84 Å². The molecule has 0 saturated heterocycles. The summed E-state index contributed by atoms with van der Waals surface area (Å²) in [4.78, 5) is 21.8. The fourth-order valence-electron chi connectivity index (χ4n) is 1.41. The first-order chi connectivity index (χ1) is 9.26. The molecule has 0 bridgehead atoms. The predicted molar refractivity (Wildman–Crippen MR) is 74.2 cm³/mol. The van der Waals surface area contributed by atoms with Crippen molar-refractivity contribution in [3.05, 3.63) is 33.9 Å². The van der Waals surface area contributed by atoms with Gasteiger partial charge in [0.15, 0.2) is 9.84 Å². The zero-order valence-corrected chi connectivity index (χ0v) is 11.6. The Hall–Kier alpha value is -2.16. The van der Waals surface area contributed by atoms with E-state index in [9.17, 15) is 23.3 Å². The first-order valence-electron chi connectivity index (χ1n) is 5.79. The SMILES string of the molecule is CCS(=O)(=O)CCNC(=O)c1cc([N+](=O)[O-])ccc1N. The summed E-state index contributed by atoms with van der Waals surface area (Å²) in [6, 6.07) is 3.50. The van der Waals surface area contributed by atoms with Gasteiger partial charge in [-0.2, -0.15) is 0 Å².